The Balaban J connectivity index is 0.000000947. The molecule has 0 amide bonds. The minimum absolute atomic E-state index is 0.151. The van der Waals surface area contributed by atoms with Crippen LogP contribution in [0.1, 0.15) is 139 Å². The van der Waals surface area contributed by atoms with Gasteiger partial charge in [0.2, 0.25) is 0 Å². The van der Waals surface area contributed by atoms with Crippen molar-refractivity contribution in [2.45, 2.75) is 156 Å². The van der Waals surface area contributed by atoms with Crippen LogP contribution >= 0.6 is 7.26 Å². The summed E-state index contributed by atoms with van der Waals surface area (Å²) in [5, 5.41) is 14.1. The summed E-state index contributed by atoms with van der Waals surface area (Å²) in [6.07, 6.45) is 24.0. The number of nitriles is 1. The lowest BCUT2D eigenvalue weighted by Gasteiger charge is -2.64. The lowest BCUT2D eigenvalue weighted by molar-refractivity contribution is -0.152. The Morgan fingerprint density at radius 3 is 2.38 bits per heavy atom. The van der Waals surface area contributed by atoms with E-state index in [0.717, 1.165) is 35.5 Å². The summed E-state index contributed by atoms with van der Waals surface area (Å²) in [5.41, 5.74) is 4.75. The van der Waals surface area contributed by atoms with Crippen molar-refractivity contribution in [1.82, 2.24) is 5.32 Å². The molecule has 0 bridgehead atoms. The Labute approximate surface area is 290 Å². The van der Waals surface area contributed by atoms with Gasteiger partial charge in [-0.15, -0.1) is 6.58 Å². The van der Waals surface area contributed by atoms with Crippen LogP contribution in [-0.2, 0) is 9.53 Å². The average molecular weight is 666 g/mol. The second kappa shape index (κ2) is 15.2. The number of hydrogen-bond donors (Lipinski definition) is 1. The van der Waals surface area contributed by atoms with Crippen LogP contribution in [0.15, 0.2) is 36.0 Å². The van der Waals surface area contributed by atoms with E-state index in [-0.39, 0.29) is 11.4 Å². The molecule has 0 aromatic carbocycles. The monoisotopic (exact) mass is 666 g/mol. The molecule has 0 aromatic rings. The van der Waals surface area contributed by atoms with E-state index < -0.39 is 12.7 Å². The molecule has 47 heavy (non-hydrogen) atoms. The number of rotatable bonds is 6. The molecule has 1 saturated heterocycles. The van der Waals surface area contributed by atoms with Gasteiger partial charge in [-0.1, -0.05) is 60.1 Å². The van der Waals surface area contributed by atoms with Crippen LogP contribution < -0.4 is 5.32 Å². The second-order valence-corrected chi connectivity index (χ2v) is 21.0. The van der Waals surface area contributed by atoms with E-state index >= 15 is 0 Å². The molecule has 4 nitrogen and oxygen atoms in total. The van der Waals surface area contributed by atoms with Gasteiger partial charge < -0.3 is 10.1 Å². The van der Waals surface area contributed by atoms with E-state index in [1.807, 2.05) is 27.7 Å². The van der Waals surface area contributed by atoms with E-state index in [4.69, 9.17) is 4.74 Å². The van der Waals surface area contributed by atoms with Crippen LogP contribution in [0.3, 0.4) is 0 Å². The van der Waals surface area contributed by atoms with Gasteiger partial charge in [-0.2, -0.15) is 5.26 Å². The first kappa shape index (κ1) is 38.4. The van der Waals surface area contributed by atoms with E-state index in [2.05, 4.69) is 64.5 Å². The van der Waals surface area contributed by atoms with E-state index in [1.165, 1.54) is 88.1 Å². The third-order valence-electron chi connectivity index (χ3n) is 14.2. The number of nitrogens with zero attached hydrogens (tertiary/aromatic N) is 1. The van der Waals surface area contributed by atoms with Crippen molar-refractivity contribution in [3.05, 3.63) is 36.0 Å². The third-order valence-corrected chi connectivity index (χ3v) is 19.8. The van der Waals surface area contributed by atoms with E-state index in [0.29, 0.717) is 30.4 Å². The lowest BCUT2D eigenvalue weighted by atomic mass is 9.50. The van der Waals surface area contributed by atoms with Gasteiger partial charge in [0.1, 0.15) is 0 Å². The number of carbonyl (C=O) groups is 1. The molecular formula is C42H70N2O2P+. The predicted octanol–water partition coefficient (Wildman–Crippen LogP) is 10.9. The molecule has 3 saturated carbocycles. The van der Waals surface area contributed by atoms with Gasteiger partial charge >= 0.3 is 5.97 Å². The average Bonchev–Trinajstić information content (AvgIpc) is 3.50. The Hall–Kier alpha value is -1.43. The van der Waals surface area contributed by atoms with Crippen molar-refractivity contribution >= 4 is 13.2 Å². The maximum absolute atomic E-state index is 12.7. The number of carbonyl (C=O) groups excluding carboxylic acids is 1. The van der Waals surface area contributed by atoms with E-state index in [9.17, 15) is 10.1 Å². The predicted molar refractivity (Wildman–Crippen MR) is 202 cm³/mol. The molecule has 6 aliphatic rings. The highest BCUT2D eigenvalue weighted by atomic mass is 31.2. The van der Waals surface area contributed by atoms with E-state index in [1.54, 1.807) is 6.08 Å². The first-order valence-corrected chi connectivity index (χ1v) is 22.1. The zero-order valence-corrected chi connectivity index (χ0v) is 32.7. The fourth-order valence-corrected chi connectivity index (χ4v) is 18.6. The van der Waals surface area contributed by atoms with Crippen LogP contribution in [0.2, 0.25) is 0 Å². The summed E-state index contributed by atoms with van der Waals surface area (Å²) < 4.78 is 5.32. The van der Waals surface area contributed by atoms with Crippen LogP contribution in [0, 0.1) is 45.3 Å². The van der Waals surface area contributed by atoms with Gasteiger partial charge in [0, 0.05) is 30.3 Å². The van der Waals surface area contributed by atoms with Crippen molar-refractivity contribution in [2.24, 2.45) is 34.0 Å². The molecule has 2 heterocycles. The fourth-order valence-electron chi connectivity index (χ4n) is 12.4. The first-order chi connectivity index (χ1) is 22.4. The topological polar surface area (TPSA) is 62.1 Å². The molecule has 4 aliphatic carbocycles. The van der Waals surface area contributed by atoms with Crippen LogP contribution in [-0.4, -0.2) is 48.8 Å². The number of fused-ring (bicyclic) bond motifs is 7. The Bertz CT molecular complexity index is 1230. The molecule has 9 atom stereocenters. The highest BCUT2D eigenvalue weighted by molar-refractivity contribution is 7.77. The minimum Gasteiger partial charge on any atom is -0.465 e. The summed E-state index contributed by atoms with van der Waals surface area (Å²) in [5.74, 6) is 2.43. The standard InChI is InChI=1S/C37H58N2O2P.C3H6.C2H6/c1-7-23-39-37-18-9-10-30(37)27-11-12-32-35(5,29(27)15-22-37)19-16-31-34(3,4)28(17-24-42(31,32)6)26-13-20-36(25-38,21-14-26)33(40)41-8-2;1-3-2;1-2/h13,17,27,29-32,39H,7-12,14-16,18-24H2,1-6H3;3H,1H2,2H3;1-2H3/q+1;;/t27-,29?,30+,31?,32?,35-,36?,37-,42?;;/m0../s1. The maximum Gasteiger partial charge on any atom is 0.326 e. The fraction of sp³-hybridized carbons (Fsp3) is 0.810. The summed E-state index contributed by atoms with van der Waals surface area (Å²) in [4.78, 5) is 12.7. The minimum atomic E-state index is -1.20. The van der Waals surface area contributed by atoms with Crippen molar-refractivity contribution in [2.75, 3.05) is 26.0 Å². The van der Waals surface area contributed by atoms with Crippen LogP contribution in [0.5, 0.6) is 0 Å². The lowest BCUT2D eigenvalue weighted by Crippen LogP contribution is -2.62. The molecule has 2 aliphatic heterocycles. The molecule has 4 fully saturated rings. The van der Waals surface area contributed by atoms with Gasteiger partial charge in [0.05, 0.1) is 30.2 Å². The summed E-state index contributed by atoms with van der Waals surface area (Å²) in [6.45, 7) is 25.6. The summed E-state index contributed by atoms with van der Waals surface area (Å²) in [7, 11) is -1.20. The highest BCUT2D eigenvalue weighted by Crippen LogP contribution is 2.82. The molecule has 0 spiro atoms. The molecular weight excluding hydrogens is 595 g/mol. The smallest absolute Gasteiger partial charge is 0.326 e. The SMILES string of the molecule is C=CC.CC.CCCN[C@]12CCC[C@@H]1[C@H]1CCC3[C@@](C)(CCC4C(C)(C)C(C5=CCC(C#N)(C(=O)OCC)CC5)=CC[P+]43C)C1CC2. The zero-order chi connectivity index (χ0) is 34.7. The first-order valence-electron chi connectivity index (χ1n) is 19.6. The Morgan fingerprint density at radius 2 is 1.77 bits per heavy atom. The zero-order valence-electron chi connectivity index (χ0n) is 31.9. The van der Waals surface area contributed by atoms with Gasteiger partial charge in [-0.25, -0.2) is 0 Å². The number of allylic oxidation sites excluding steroid dienone is 5. The number of esters is 1. The number of hydrogen-bond acceptors (Lipinski definition) is 4. The molecule has 6 rings (SSSR count). The molecule has 0 aromatic heterocycles. The molecule has 5 unspecified atom stereocenters. The quantitative estimate of drug-likeness (QED) is 0.174. The second-order valence-electron chi connectivity index (χ2n) is 16.7. The third kappa shape index (κ3) is 6.49. The number of nitrogens with one attached hydrogen (secondary N) is 1. The summed E-state index contributed by atoms with van der Waals surface area (Å²) in [6, 6.07) is 2.34. The van der Waals surface area contributed by atoms with Crippen molar-refractivity contribution in [3.8, 4) is 6.07 Å². The highest BCUT2D eigenvalue weighted by Gasteiger charge is 2.69. The molecule has 5 heteroatoms. The van der Waals surface area contributed by atoms with Gasteiger partial charge in [0.15, 0.2) is 5.41 Å². The van der Waals surface area contributed by atoms with Crippen LogP contribution in [0.4, 0.5) is 0 Å². The van der Waals surface area contributed by atoms with Crippen molar-refractivity contribution in [1.29, 1.82) is 5.26 Å². The molecule has 1 N–H and O–H groups in total. The van der Waals surface area contributed by atoms with Crippen LogP contribution in [0.25, 0.3) is 0 Å². The maximum atomic E-state index is 12.7. The Kier molecular flexibility index (Phi) is 12.4. The normalized spacial score (nSPS) is 41.2. The largest absolute Gasteiger partial charge is 0.465 e. The molecule has 264 valence electrons. The summed E-state index contributed by atoms with van der Waals surface area (Å²) >= 11 is 0. The number of ether oxygens (including phenoxy) is 1. The van der Waals surface area contributed by atoms with Gasteiger partial charge in [-0.05, 0) is 132 Å². The molecule has 0 radical (unpaired) electrons. The van der Waals surface area contributed by atoms with Gasteiger partial charge in [-0.3, -0.25) is 4.79 Å². The Morgan fingerprint density at radius 1 is 1.04 bits per heavy atom. The van der Waals surface area contributed by atoms with Gasteiger partial charge in [0.25, 0.3) is 0 Å². The van der Waals surface area contributed by atoms with Crippen molar-refractivity contribution < 1.29 is 9.53 Å². The van der Waals surface area contributed by atoms with Crippen molar-refractivity contribution in [3.63, 3.8) is 0 Å².